The Bertz CT molecular complexity index is 808. The van der Waals surface area contributed by atoms with Crippen LogP contribution in [0, 0.1) is 5.92 Å². The molecule has 0 N–H and O–H groups in total. The molecule has 0 unspecified atom stereocenters. The van der Waals surface area contributed by atoms with Gasteiger partial charge in [0.25, 0.3) is 0 Å². The van der Waals surface area contributed by atoms with Crippen molar-refractivity contribution < 1.29 is 0 Å². The molecule has 0 radical (unpaired) electrons. The summed E-state index contributed by atoms with van der Waals surface area (Å²) in [4.78, 5) is 11.4. The van der Waals surface area contributed by atoms with Crippen molar-refractivity contribution in [2.24, 2.45) is 13.0 Å². The highest BCUT2D eigenvalue weighted by Crippen LogP contribution is 2.23. The Morgan fingerprint density at radius 1 is 1.17 bits per heavy atom. The molecule has 1 atom stereocenters. The third kappa shape index (κ3) is 3.13. The van der Waals surface area contributed by atoms with Crippen molar-refractivity contribution in [1.29, 1.82) is 0 Å². The van der Waals surface area contributed by atoms with E-state index in [0.717, 1.165) is 36.8 Å². The molecule has 0 bridgehead atoms. The van der Waals surface area contributed by atoms with Crippen molar-refractivity contribution in [2.75, 3.05) is 13.1 Å². The summed E-state index contributed by atoms with van der Waals surface area (Å²) in [5, 5.41) is 1.24. The maximum Gasteiger partial charge on any atom is 0.122 e. The van der Waals surface area contributed by atoms with Crippen molar-refractivity contribution in [3.05, 3.63) is 60.3 Å². The summed E-state index contributed by atoms with van der Waals surface area (Å²) in [7, 11) is 2.07. The van der Waals surface area contributed by atoms with E-state index in [-0.39, 0.29) is 0 Å². The number of imidazole rings is 1. The maximum atomic E-state index is 4.44. The zero-order valence-corrected chi connectivity index (χ0v) is 13.5. The highest BCUT2D eigenvalue weighted by atomic mass is 15.2. The molecule has 1 aliphatic heterocycles. The predicted molar refractivity (Wildman–Crippen MR) is 92.0 cm³/mol. The fourth-order valence-corrected chi connectivity index (χ4v) is 3.56. The summed E-state index contributed by atoms with van der Waals surface area (Å²) in [5.41, 5.74) is 2.51. The zero-order chi connectivity index (χ0) is 15.6. The lowest BCUT2D eigenvalue weighted by Gasteiger charge is -2.16. The van der Waals surface area contributed by atoms with Crippen molar-refractivity contribution in [3.8, 4) is 0 Å². The molecule has 0 spiro atoms. The van der Waals surface area contributed by atoms with Gasteiger partial charge in [0.05, 0.1) is 12.1 Å². The number of aromatic nitrogens is 3. The first-order valence-electron chi connectivity index (χ1n) is 8.30. The third-order valence-electron chi connectivity index (χ3n) is 4.85. The highest BCUT2D eigenvalue weighted by molar-refractivity contribution is 5.78. The number of pyridine rings is 1. The first-order valence-corrected chi connectivity index (χ1v) is 8.30. The van der Waals surface area contributed by atoms with Gasteiger partial charge in [0.1, 0.15) is 5.82 Å². The van der Waals surface area contributed by atoms with Crippen LogP contribution in [0.15, 0.2) is 48.9 Å². The van der Waals surface area contributed by atoms with Crippen LogP contribution in [0.25, 0.3) is 10.9 Å². The largest absolute Gasteiger partial charge is 0.337 e. The monoisotopic (exact) mass is 306 g/mol. The SMILES string of the molecule is Cn1ccnc1CN1CC[C@@H](Cc2ccc3ncccc3c2)C1. The molecule has 1 saturated heterocycles. The molecule has 118 valence electrons. The number of fused-ring (bicyclic) bond motifs is 1. The van der Waals surface area contributed by atoms with Crippen LogP contribution in [0.1, 0.15) is 17.8 Å². The molecule has 2 aromatic heterocycles. The van der Waals surface area contributed by atoms with E-state index in [0.29, 0.717) is 0 Å². The fraction of sp³-hybridized carbons (Fsp3) is 0.368. The van der Waals surface area contributed by atoms with E-state index in [2.05, 4.69) is 50.7 Å². The molecule has 3 aromatic rings. The topological polar surface area (TPSA) is 34.0 Å². The second-order valence-corrected chi connectivity index (χ2v) is 6.58. The minimum atomic E-state index is 0.740. The number of aryl methyl sites for hydroxylation is 1. The molecule has 0 aliphatic carbocycles. The molecular formula is C19H22N4. The van der Waals surface area contributed by atoms with E-state index >= 15 is 0 Å². The lowest BCUT2D eigenvalue weighted by molar-refractivity contribution is 0.305. The standard InChI is InChI=1S/C19H22N4/c1-22-10-8-21-19(22)14-23-9-6-16(13-23)11-15-4-5-18-17(12-15)3-2-7-20-18/h2-5,7-8,10,12,16H,6,9,11,13-14H2,1H3/t16-/m0/s1. The van der Waals surface area contributed by atoms with E-state index in [1.54, 1.807) is 0 Å². The van der Waals surface area contributed by atoms with Gasteiger partial charge in [-0.15, -0.1) is 0 Å². The van der Waals surface area contributed by atoms with Crippen LogP contribution in [-0.4, -0.2) is 32.5 Å². The van der Waals surface area contributed by atoms with Gasteiger partial charge in [-0.05, 0) is 49.1 Å². The number of benzene rings is 1. The highest BCUT2D eigenvalue weighted by Gasteiger charge is 2.23. The number of hydrogen-bond donors (Lipinski definition) is 0. The molecule has 1 aliphatic rings. The van der Waals surface area contributed by atoms with Gasteiger partial charge in [0, 0.05) is 37.6 Å². The van der Waals surface area contributed by atoms with Crippen LogP contribution in [0.4, 0.5) is 0 Å². The second kappa shape index (κ2) is 6.13. The first kappa shape index (κ1) is 14.4. The van der Waals surface area contributed by atoms with E-state index in [9.17, 15) is 0 Å². The smallest absolute Gasteiger partial charge is 0.122 e. The van der Waals surface area contributed by atoms with Gasteiger partial charge in [0.2, 0.25) is 0 Å². The minimum absolute atomic E-state index is 0.740. The summed E-state index contributed by atoms with van der Waals surface area (Å²) in [5.74, 6) is 1.90. The van der Waals surface area contributed by atoms with Gasteiger partial charge in [-0.3, -0.25) is 9.88 Å². The fourth-order valence-electron chi connectivity index (χ4n) is 3.56. The zero-order valence-electron chi connectivity index (χ0n) is 13.5. The lowest BCUT2D eigenvalue weighted by Crippen LogP contribution is -2.22. The van der Waals surface area contributed by atoms with Gasteiger partial charge in [-0.2, -0.15) is 0 Å². The Balaban J connectivity index is 1.40. The van der Waals surface area contributed by atoms with Gasteiger partial charge in [-0.25, -0.2) is 4.98 Å². The van der Waals surface area contributed by atoms with Crippen LogP contribution in [0.5, 0.6) is 0 Å². The van der Waals surface area contributed by atoms with Gasteiger partial charge in [0.15, 0.2) is 0 Å². The Morgan fingerprint density at radius 3 is 3.00 bits per heavy atom. The van der Waals surface area contributed by atoms with Crippen LogP contribution in [0.2, 0.25) is 0 Å². The summed E-state index contributed by atoms with van der Waals surface area (Å²) < 4.78 is 2.11. The van der Waals surface area contributed by atoms with Crippen molar-refractivity contribution in [2.45, 2.75) is 19.4 Å². The van der Waals surface area contributed by atoms with E-state index in [1.165, 1.54) is 23.9 Å². The quantitative estimate of drug-likeness (QED) is 0.743. The molecule has 4 heteroatoms. The number of rotatable bonds is 4. The van der Waals surface area contributed by atoms with Crippen LogP contribution < -0.4 is 0 Å². The molecule has 4 nitrogen and oxygen atoms in total. The molecular weight excluding hydrogens is 284 g/mol. The first-order chi connectivity index (χ1) is 11.3. The average molecular weight is 306 g/mol. The van der Waals surface area contributed by atoms with Gasteiger partial charge in [-0.1, -0.05) is 12.1 Å². The Morgan fingerprint density at radius 2 is 2.13 bits per heavy atom. The Hall–Kier alpha value is -2.20. The second-order valence-electron chi connectivity index (χ2n) is 6.58. The predicted octanol–water partition coefficient (Wildman–Crippen LogP) is 3.03. The molecule has 4 rings (SSSR count). The van der Waals surface area contributed by atoms with Gasteiger partial charge >= 0.3 is 0 Å². The van der Waals surface area contributed by atoms with Gasteiger partial charge < -0.3 is 4.57 Å². The van der Waals surface area contributed by atoms with Crippen molar-refractivity contribution in [3.63, 3.8) is 0 Å². The van der Waals surface area contributed by atoms with Crippen molar-refractivity contribution >= 4 is 10.9 Å². The molecule has 3 heterocycles. The number of nitrogens with zero attached hydrogens (tertiary/aromatic N) is 4. The summed E-state index contributed by atoms with van der Waals surface area (Å²) in [6, 6.07) is 10.8. The van der Waals surface area contributed by atoms with E-state index in [4.69, 9.17) is 0 Å². The molecule has 1 aromatic carbocycles. The van der Waals surface area contributed by atoms with Crippen LogP contribution >= 0.6 is 0 Å². The van der Waals surface area contributed by atoms with E-state index in [1.807, 2.05) is 24.7 Å². The summed E-state index contributed by atoms with van der Waals surface area (Å²) in [6.07, 6.45) is 8.18. The molecule has 1 fully saturated rings. The lowest BCUT2D eigenvalue weighted by atomic mass is 9.97. The Kier molecular flexibility index (Phi) is 3.83. The maximum absolute atomic E-state index is 4.44. The van der Waals surface area contributed by atoms with E-state index < -0.39 is 0 Å². The molecule has 23 heavy (non-hydrogen) atoms. The molecule has 0 saturated carbocycles. The van der Waals surface area contributed by atoms with Crippen LogP contribution in [0.3, 0.4) is 0 Å². The number of likely N-dealkylation sites (tertiary alicyclic amines) is 1. The third-order valence-corrected chi connectivity index (χ3v) is 4.85. The van der Waals surface area contributed by atoms with Crippen molar-refractivity contribution in [1.82, 2.24) is 19.4 Å². The number of hydrogen-bond acceptors (Lipinski definition) is 3. The van der Waals surface area contributed by atoms with Crippen LogP contribution in [-0.2, 0) is 20.0 Å². The molecule has 0 amide bonds. The normalized spacial score (nSPS) is 18.7. The average Bonchev–Trinajstić information content (AvgIpc) is 3.17. The Labute approximate surface area is 136 Å². The summed E-state index contributed by atoms with van der Waals surface area (Å²) >= 11 is 0. The summed E-state index contributed by atoms with van der Waals surface area (Å²) in [6.45, 7) is 3.30. The minimum Gasteiger partial charge on any atom is -0.337 e.